The predicted octanol–water partition coefficient (Wildman–Crippen LogP) is 2.72. The van der Waals surface area contributed by atoms with Crippen molar-refractivity contribution in [3.05, 3.63) is 29.3 Å². The average molecular weight is 287 g/mol. The average Bonchev–Trinajstić information content (AvgIpc) is 2.26. The lowest BCUT2D eigenvalue weighted by Gasteiger charge is -2.14. The number of hydrogen-bond donors (Lipinski definition) is 3. The maximum atomic E-state index is 12.4. The highest BCUT2D eigenvalue weighted by Gasteiger charge is 2.37. The monoisotopic (exact) mass is 287 g/mol. The fraction of sp³-hybridized carbons (Fsp3) is 0.222. The molecule has 0 aliphatic heterocycles. The van der Waals surface area contributed by atoms with Gasteiger partial charge in [-0.2, -0.15) is 26.3 Å². The standard InChI is InChI=1S/C9H7F6N3O/c10-8(11,12)4-1-5(9(13,14)15)3-6(2-4)17-7(19)18-16/h1-3H,16H2,(H2,17,18,19). The van der Waals surface area contributed by atoms with E-state index in [0.29, 0.717) is 12.1 Å². The Morgan fingerprint density at radius 2 is 1.37 bits per heavy atom. The first kappa shape index (κ1) is 15.1. The van der Waals surface area contributed by atoms with Gasteiger partial charge in [-0.25, -0.2) is 10.6 Å². The van der Waals surface area contributed by atoms with Gasteiger partial charge in [0.1, 0.15) is 0 Å². The van der Waals surface area contributed by atoms with E-state index < -0.39 is 35.2 Å². The summed E-state index contributed by atoms with van der Waals surface area (Å²) in [6.07, 6.45) is -9.95. The van der Waals surface area contributed by atoms with Crippen LogP contribution in [0.15, 0.2) is 18.2 Å². The molecule has 2 amide bonds. The van der Waals surface area contributed by atoms with Crippen molar-refractivity contribution in [1.29, 1.82) is 0 Å². The summed E-state index contributed by atoms with van der Waals surface area (Å²) >= 11 is 0. The number of amides is 2. The van der Waals surface area contributed by atoms with Gasteiger partial charge in [0.05, 0.1) is 11.1 Å². The first-order valence-corrected chi connectivity index (χ1v) is 4.61. The molecule has 0 fully saturated rings. The van der Waals surface area contributed by atoms with Gasteiger partial charge < -0.3 is 5.32 Å². The number of rotatable bonds is 1. The van der Waals surface area contributed by atoms with Gasteiger partial charge >= 0.3 is 18.4 Å². The molecule has 0 spiro atoms. The molecule has 0 unspecified atom stereocenters. The topological polar surface area (TPSA) is 67.1 Å². The molecule has 1 aromatic carbocycles. The Bertz CT molecular complexity index is 450. The van der Waals surface area contributed by atoms with Crippen molar-refractivity contribution in [3.8, 4) is 0 Å². The minimum Gasteiger partial charge on any atom is -0.307 e. The number of hydrazine groups is 1. The Labute approximate surface area is 102 Å². The van der Waals surface area contributed by atoms with Crippen LogP contribution in [0, 0.1) is 0 Å². The third kappa shape index (κ3) is 4.02. The number of urea groups is 1. The zero-order chi connectivity index (χ0) is 14.8. The Hall–Kier alpha value is -1.97. The molecule has 0 heterocycles. The second kappa shape index (κ2) is 4.96. The maximum absolute atomic E-state index is 12.4. The SMILES string of the molecule is NNC(=O)Nc1cc(C(F)(F)F)cc(C(F)(F)F)c1. The van der Waals surface area contributed by atoms with E-state index in [2.05, 4.69) is 5.84 Å². The number of hydrogen-bond acceptors (Lipinski definition) is 2. The Morgan fingerprint density at radius 3 is 1.68 bits per heavy atom. The zero-order valence-electron chi connectivity index (χ0n) is 8.99. The predicted molar refractivity (Wildman–Crippen MR) is 52.8 cm³/mol. The lowest BCUT2D eigenvalue weighted by atomic mass is 10.1. The van der Waals surface area contributed by atoms with Crippen LogP contribution < -0.4 is 16.6 Å². The van der Waals surface area contributed by atoms with Crippen LogP contribution in [-0.2, 0) is 12.4 Å². The van der Waals surface area contributed by atoms with Crippen molar-refractivity contribution in [2.45, 2.75) is 12.4 Å². The minimum atomic E-state index is -4.98. The van der Waals surface area contributed by atoms with Gasteiger partial charge in [0.2, 0.25) is 0 Å². The quantitative estimate of drug-likeness (QED) is 0.322. The number of anilines is 1. The molecule has 1 aromatic rings. The minimum absolute atomic E-state index is 0.0501. The largest absolute Gasteiger partial charge is 0.416 e. The molecule has 0 atom stereocenters. The van der Waals surface area contributed by atoms with Gasteiger partial charge in [0, 0.05) is 5.69 Å². The van der Waals surface area contributed by atoms with Crippen LogP contribution in [0.25, 0.3) is 0 Å². The molecular formula is C9H7F6N3O. The highest BCUT2D eigenvalue weighted by Crippen LogP contribution is 2.37. The summed E-state index contributed by atoms with van der Waals surface area (Å²) in [4.78, 5) is 10.8. The first-order chi connectivity index (χ1) is 8.54. The molecule has 0 radical (unpaired) electrons. The van der Waals surface area contributed by atoms with Crippen molar-refractivity contribution in [2.24, 2.45) is 5.84 Å². The molecule has 106 valence electrons. The van der Waals surface area contributed by atoms with Gasteiger partial charge in [-0.1, -0.05) is 0 Å². The van der Waals surface area contributed by atoms with Gasteiger partial charge in [-0.05, 0) is 18.2 Å². The normalized spacial score (nSPS) is 12.2. The summed E-state index contributed by atoms with van der Waals surface area (Å²) in [5.41, 5.74) is -2.22. The fourth-order valence-corrected chi connectivity index (χ4v) is 1.19. The van der Waals surface area contributed by atoms with E-state index in [9.17, 15) is 31.1 Å². The van der Waals surface area contributed by atoms with Crippen LogP contribution >= 0.6 is 0 Å². The summed E-state index contributed by atoms with van der Waals surface area (Å²) in [5, 5.41) is 1.74. The first-order valence-electron chi connectivity index (χ1n) is 4.61. The van der Waals surface area contributed by atoms with Crippen molar-refractivity contribution in [2.75, 3.05) is 5.32 Å². The van der Waals surface area contributed by atoms with Gasteiger partial charge in [-0.15, -0.1) is 0 Å². The second-order valence-electron chi connectivity index (χ2n) is 3.39. The van der Waals surface area contributed by atoms with Crippen LogP contribution in [0.4, 0.5) is 36.8 Å². The van der Waals surface area contributed by atoms with Crippen LogP contribution in [0.5, 0.6) is 0 Å². The number of carbonyl (C=O) groups excluding carboxylic acids is 1. The summed E-state index contributed by atoms with van der Waals surface area (Å²) < 4.78 is 74.6. The van der Waals surface area contributed by atoms with E-state index in [-0.39, 0.29) is 6.07 Å². The Morgan fingerprint density at radius 1 is 0.947 bits per heavy atom. The molecular weight excluding hydrogens is 280 g/mol. The van der Waals surface area contributed by atoms with E-state index in [1.807, 2.05) is 0 Å². The van der Waals surface area contributed by atoms with E-state index in [1.54, 1.807) is 5.32 Å². The summed E-state index contributed by atoms with van der Waals surface area (Å²) in [6.45, 7) is 0. The van der Waals surface area contributed by atoms with E-state index in [0.717, 1.165) is 0 Å². The molecule has 0 aromatic heterocycles. The maximum Gasteiger partial charge on any atom is 0.416 e. The third-order valence-electron chi connectivity index (χ3n) is 1.98. The van der Waals surface area contributed by atoms with Crippen LogP contribution in [0.1, 0.15) is 11.1 Å². The molecule has 0 aliphatic carbocycles. The molecule has 1 rings (SSSR count). The number of carbonyl (C=O) groups is 1. The summed E-state index contributed by atoms with van der Waals surface area (Å²) in [6, 6.07) is -0.465. The van der Waals surface area contributed by atoms with Crippen molar-refractivity contribution >= 4 is 11.7 Å². The van der Waals surface area contributed by atoms with Gasteiger partial charge in [-0.3, -0.25) is 5.43 Å². The summed E-state index contributed by atoms with van der Waals surface area (Å²) in [5.74, 6) is 4.66. The number of halogens is 6. The molecule has 0 aliphatic rings. The molecule has 19 heavy (non-hydrogen) atoms. The third-order valence-corrected chi connectivity index (χ3v) is 1.98. The molecule has 10 heteroatoms. The molecule has 4 N–H and O–H groups in total. The number of alkyl halides is 6. The Kier molecular flexibility index (Phi) is 3.94. The van der Waals surface area contributed by atoms with E-state index >= 15 is 0 Å². The smallest absolute Gasteiger partial charge is 0.307 e. The molecule has 4 nitrogen and oxygen atoms in total. The number of nitrogens with one attached hydrogen (secondary N) is 2. The van der Waals surface area contributed by atoms with Crippen molar-refractivity contribution in [3.63, 3.8) is 0 Å². The van der Waals surface area contributed by atoms with E-state index in [4.69, 9.17) is 0 Å². The Balaban J connectivity index is 3.29. The molecule has 0 bridgehead atoms. The van der Waals surface area contributed by atoms with Crippen molar-refractivity contribution in [1.82, 2.24) is 5.43 Å². The van der Waals surface area contributed by atoms with Crippen LogP contribution in [0.3, 0.4) is 0 Å². The summed E-state index contributed by atoms with van der Waals surface area (Å²) in [7, 11) is 0. The highest BCUT2D eigenvalue weighted by molar-refractivity contribution is 5.89. The second-order valence-corrected chi connectivity index (χ2v) is 3.39. The highest BCUT2D eigenvalue weighted by atomic mass is 19.4. The molecule has 0 saturated carbocycles. The van der Waals surface area contributed by atoms with Gasteiger partial charge in [0.25, 0.3) is 0 Å². The van der Waals surface area contributed by atoms with E-state index in [1.165, 1.54) is 5.43 Å². The van der Waals surface area contributed by atoms with Crippen LogP contribution in [0.2, 0.25) is 0 Å². The molecule has 0 saturated heterocycles. The lowest BCUT2D eigenvalue weighted by molar-refractivity contribution is -0.143. The number of benzene rings is 1. The fourth-order valence-electron chi connectivity index (χ4n) is 1.19. The zero-order valence-corrected chi connectivity index (χ0v) is 8.99. The van der Waals surface area contributed by atoms with Crippen LogP contribution in [-0.4, -0.2) is 6.03 Å². The van der Waals surface area contributed by atoms with Gasteiger partial charge in [0.15, 0.2) is 0 Å². The van der Waals surface area contributed by atoms with Crippen molar-refractivity contribution < 1.29 is 31.1 Å². The number of nitrogens with two attached hydrogens (primary N) is 1. The lowest BCUT2D eigenvalue weighted by Crippen LogP contribution is -2.34.